The van der Waals surface area contributed by atoms with Crippen LogP contribution < -0.4 is 47.0 Å². The van der Waals surface area contributed by atoms with Crippen LogP contribution in [0.25, 0.3) is 0 Å². The van der Waals surface area contributed by atoms with E-state index in [0.29, 0.717) is 143 Å². The number of nitrogens with one attached hydrogen (secondary N) is 7. The van der Waals surface area contributed by atoms with Crippen LogP contribution in [0.4, 0.5) is 58.9 Å². The van der Waals surface area contributed by atoms with Crippen LogP contribution in [0.5, 0.6) is 0 Å². The van der Waals surface area contributed by atoms with Crippen molar-refractivity contribution in [3.63, 3.8) is 0 Å². The largest absolute Gasteiger partial charge is 0.480 e. The molecule has 558 valence electrons. The number of piperazine rings is 2. The zero-order valence-corrected chi connectivity index (χ0v) is 63.2. The second kappa shape index (κ2) is 37.5. The SMILES string of the molecule is CC1(CCNCCNC(=O)OC(C)(C)C)N=N1.Cc1nc(Nc2ncc(C(=O)Nc3c(C)cccc3Cl)s2)cc(N2CCN(CC(=O)N(CCNC(=O)OC(C)(C)C)CCC3(C)N=N3)CC2)n1.Cc1nc(Nc2ncc(C(=O)Nc3c(C)cccc3Cl)s2)cc(N2CCN(CC(=O)O)CC2)n1.[2H]CF. The quantitative estimate of drug-likeness (QED) is 0.0234. The third-order valence-corrected chi connectivity index (χ3v) is 17.9. The number of carbonyl (C=O) groups is 6. The Morgan fingerprint density at radius 2 is 1.04 bits per heavy atom. The van der Waals surface area contributed by atoms with Crippen LogP contribution in [0, 0.1) is 27.7 Å². The van der Waals surface area contributed by atoms with E-state index in [4.69, 9.17) is 39.2 Å². The molecule has 31 nitrogen and oxygen atoms in total. The number of alkyl halides is 1. The molecular formula is C67H93Cl2FN22O9S2. The van der Waals surface area contributed by atoms with Gasteiger partial charge in [0.2, 0.25) is 5.91 Å². The summed E-state index contributed by atoms with van der Waals surface area (Å²) < 4.78 is 25.9. The summed E-state index contributed by atoms with van der Waals surface area (Å²) in [7, 11) is -1.00. The third-order valence-electron chi connectivity index (χ3n) is 15.5. The number of nitrogens with zero attached hydrogens (tertiary/aromatic N) is 15. The minimum Gasteiger partial charge on any atom is -0.480 e. The van der Waals surface area contributed by atoms with Gasteiger partial charge >= 0.3 is 18.2 Å². The molecular weight excluding hydrogens is 1410 g/mol. The molecule has 8 heterocycles. The number of aliphatic carboxylic acids is 1. The van der Waals surface area contributed by atoms with Crippen molar-refractivity contribution in [1.82, 2.24) is 60.6 Å². The first-order chi connectivity index (χ1) is 49.2. The second-order valence-electron chi connectivity index (χ2n) is 26.6. The van der Waals surface area contributed by atoms with Gasteiger partial charge in [-0.15, -0.1) is 0 Å². The van der Waals surface area contributed by atoms with Crippen molar-refractivity contribution in [1.29, 1.82) is 0 Å². The number of thiazole rings is 2. The topological polar surface area (TPSA) is 368 Å². The predicted octanol–water partition coefficient (Wildman–Crippen LogP) is 10.9. The Morgan fingerprint density at radius 1 is 0.612 bits per heavy atom. The Labute approximate surface area is 618 Å². The molecule has 36 heteroatoms. The molecule has 6 aromatic rings. The lowest BCUT2D eigenvalue weighted by Crippen LogP contribution is -2.51. The molecule has 8 N–H and O–H groups in total. The van der Waals surface area contributed by atoms with E-state index in [1.807, 2.05) is 104 Å². The normalized spacial score (nSPS) is 15.1. The van der Waals surface area contributed by atoms with Gasteiger partial charge in [-0.3, -0.25) is 33.4 Å². The van der Waals surface area contributed by atoms with Gasteiger partial charge in [-0.2, -0.15) is 20.5 Å². The van der Waals surface area contributed by atoms with E-state index in [1.54, 1.807) is 37.8 Å². The van der Waals surface area contributed by atoms with Crippen LogP contribution in [0.3, 0.4) is 0 Å². The van der Waals surface area contributed by atoms with E-state index < -0.39 is 36.1 Å². The Balaban J connectivity index is 0.000000240. The molecule has 4 aliphatic heterocycles. The molecule has 10 rings (SSSR count). The van der Waals surface area contributed by atoms with Gasteiger partial charge in [-0.1, -0.05) is 70.1 Å². The molecule has 0 saturated carbocycles. The summed E-state index contributed by atoms with van der Waals surface area (Å²) >= 11 is 14.9. The number of ether oxygens (including phenoxy) is 2. The lowest BCUT2D eigenvalue weighted by Gasteiger charge is -2.36. The molecule has 5 amide bonds. The lowest BCUT2D eigenvalue weighted by molar-refractivity contribution is -0.138. The van der Waals surface area contributed by atoms with E-state index in [9.17, 15) is 33.2 Å². The van der Waals surface area contributed by atoms with Gasteiger partial charge in [0.1, 0.15) is 55.9 Å². The van der Waals surface area contributed by atoms with Gasteiger partial charge in [-0.25, -0.2) is 39.5 Å². The Morgan fingerprint density at radius 3 is 1.46 bits per heavy atom. The summed E-state index contributed by atoms with van der Waals surface area (Å²) in [6, 6.07) is 14.6. The number of anilines is 8. The first-order valence-corrected chi connectivity index (χ1v) is 35.7. The molecule has 2 saturated heterocycles. The van der Waals surface area contributed by atoms with Gasteiger partial charge in [-0.05, 0) is 113 Å². The lowest BCUT2D eigenvalue weighted by atomic mass is 10.2. The fourth-order valence-corrected chi connectivity index (χ4v) is 12.0. The predicted molar refractivity (Wildman–Crippen MR) is 398 cm³/mol. The highest BCUT2D eigenvalue weighted by Gasteiger charge is 2.35. The average Bonchev–Trinajstić information content (AvgIpc) is 1.68. The van der Waals surface area contributed by atoms with Crippen molar-refractivity contribution in [3.05, 3.63) is 103 Å². The number of rotatable bonds is 26. The maximum Gasteiger partial charge on any atom is 0.407 e. The van der Waals surface area contributed by atoms with Crippen molar-refractivity contribution in [2.75, 3.05) is 143 Å². The minimum absolute atomic E-state index is 0.0171. The smallest absolute Gasteiger partial charge is 0.407 e. The van der Waals surface area contributed by atoms with Gasteiger partial charge in [0.15, 0.2) is 21.6 Å². The molecule has 0 unspecified atom stereocenters. The maximum absolute atomic E-state index is 13.4. The Kier molecular flexibility index (Phi) is 29.0. The van der Waals surface area contributed by atoms with Crippen LogP contribution >= 0.6 is 45.9 Å². The minimum atomic E-state index is -1.00. The summed E-state index contributed by atoms with van der Waals surface area (Å²) in [5.41, 5.74) is 1.27. The number of alkyl carbamates (subject to hydrolysis) is 2. The molecule has 2 fully saturated rings. The van der Waals surface area contributed by atoms with E-state index in [2.05, 4.69) is 102 Å². The van der Waals surface area contributed by atoms with Gasteiger partial charge in [0, 0.05) is 110 Å². The fourth-order valence-electron chi connectivity index (χ4n) is 10.0. The molecule has 2 aromatic carbocycles. The number of carboxylic acids is 1. The average molecular weight is 1510 g/mol. The molecule has 103 heavy (non-hydrogen) atoms. The number of para-hydroxylation sites is 2. The van der Waals surface area contributed by atoms with Crippen LogP contribution in [0.1, 0.15) is 112 Å². The molecule has 4 aliphatic rings. The van der Waals surface area contributed by atoms with E-state index in [1.165, 1.54) is 35.1 Å². The summed E-state index contributed by atoms with van der Waals surface area (Å²) in [6.07, 6.45) is 3.66. The second-order valence-corrected chi connectivity index (χ2v) is 29.5. The molecule has 0 atom stereocenters. The van der Waals surface area contributed by atoms with Crippen molar-refractivity contribution < 1.29 is 49.1 Å². The van der Waals surface area contributed by atoms with Crippen molar-refractivity contribution in [3.8, 4) is 0 Å². The number of halogens is 3. The van der Waals surface area contributed by atoms with Crippen molar-refractivity contribution >= 4 is 127 Å². The maximum atomic E-state index is 13.4. The van der Waals surface area contributed by atoms with Gasteiger partial charge in [0.05, 0.1) is 55.4 Å². The molecule has 0 radical (unpaired) electrons. The van der Waals surface area contributed by atoms with Crippen molar-refractivity contribution in [2.24, 2.45) is 20.5 Å². The van der Waals surface area contributed by atoms with Crippen LogP contribution in [-0.4, -0.2) is 220 Å². The number of hydrogen-bond donors (Lipinski definition) is 8. The fraction of sp³-hybridized carbons (Fsp3) is 0.522. The van der Waals surface area contributed by atoms with Crippen LogP contribution in [0.15, 0.2) is 81.4 Å². The zero-order chi connectivity index (χ0) is 75.9. The standard InChI is InChI=1S/C33H44ClN11O4S.C22H24ClN7O3S.C11H22N4O2.CH3F/c1-21-8-7-9-23(34)28(21)40-29(47)24-19-36-30(50-24)39-25-18-26(38-22(2)37-25)44-16-14-43(15-17-44)20-27(46)45(12-10-33(6)41-42-33)13-11-35-31(48)49-32(3,4)5;1-13-4-3-5-15(23)20(13)28-21(33)16-11-24-22(34-16)27-17-10-18(26-14(2)25-17)30-8-6-29(7-9-30)12-19(31)32;1-10(2,3)17-9(16)13-8-7-12-6-5-11(4)14-15-11;1-2/h7-9,18-19H,10-17,20H2,1-6H3,(H,35,48)(H,40,47)(H,36,37,38,39);3-5,10-11H,6-9,12H2,1-2H3,(H,28,33)(H,31,32)(H,24,25,26,27);12H,5-8H2,1-4H3,(H,13,16);1H3/i;;;1D. The molecule has 0 aliphatic carbocycles. The molecule has 0 bridgehead atoms. The first-order valence-electron chi connectivity index (χ1n) is 34.0. The van der Waals surface area contributed by atoms with E-state index in [0.717, 1.165) is 42.3 Å². The Bertz CT molecular complexity index is 3920. The zero-order valence-electron chi connectivity index (χ0n) is 61.1. The number of aromatic nitrogens is 6. The number of benzene rings is 2. The number of carboxylic acid groups (broad SMARTS) is 1. The highest BCUT2D eigenvalue weighted by molar-refractivity contribution is 7.18. The monoisotopic (exact) mass is 1500 g/mol. The Hall–Kier alpha value is -8.93. The third kappa shape index (κ3) is 27.7. The summed E-state index contributed by atoms with van der Waals surface area (Å²) in [5, 5.41) is 47.7. The number of hydrogen-bond acceptors (Lipinski definition) is 27. The summed E-state index contributed by atoms with van der Waals surface area (Å²) in [6.45, 7) is 31.1. The summed E-state index contributed by atoms with van der Waals surface area (Å²) in [4.78, 5) is 111. The highest BCUT2D eigenvalue weighted by Crippen LogP contribution is 2.34. The molecule has 4 aromatic heterocycles. The highest BCUT2D eigenvalue weighted by atomic mass is 35.5. The number of amides is 5. The van der Waals surface area contributed by atoms with Crippen molar-refractivity contribution in [2.45, 2.75) is 118 Å². The van der Waals surface area contributed by atoms with E-state index in [-0.39, 0.29) is 49.1 Å². The van der Waals surface area contributed by atoms with E-state index >= 15 is 0 Å². The number of carbonyl (C=O) groups excluding carboxylic acids is 5. The number of aryl methyl sites for hydroxylation is 4. The first kappa shape index (κ1) is 79.8. The van der Waals surface area contributed by atoms with Crippen LogP contribution in [0.2, 0.25) is 10.0 Å². The van der Waals surface area contributed by atoms with Gasteiger partial charge < -0.3 is 66.5 Å². The summed E-state index contributed by atoms with van der Waals surface area (Å²) in [5.74, 6) is 2.40. The van der Waals surface area contributed by atoms with Crippen LogP contribution in [-0.2, 0) is 19.1 Å². The van der Waals surface area contributed by atoms with Gasteiger partial charge in [0.25, 0.3) is 11.8 Å². The molecule has 0 spiro atoms.